The van der Waals surface area contributed by atoms with Gasteiger partial charge in [0.2, 0.25) is 0 Å². The molecule has 19 heavy (non-hydrogen) atoms. The van der Waals surface area contributed by atoms with Crippen LogP contribution in [0, 0.1) is 6.92 Å². The van der Waals surface area contributed by atoms with Gasteiger partial charge < -0.3 is 0 Å². The van der Waals surface area contributed by atoms with Gasteiger partial charge in [-0.25, -0.2) is 0 Å². The van der Waals surface area contributed by atoms with Crippen molar-refractivity contribution in [3.05, 3.63) is 76.0 Å². The predicted molar refractivity (Wildman–Crippen MR) is 85.7 cm³/mol. The monoisotopic (exact) mass is 264 g/mol. The lowest BCUT2D eigenvalue weighted by molar-refractivity contribution is 1.36. The summed E-state index contributed by atoms with van der Waals surface area (Å²) in [5, 5.41) is 2.60. The number of hydrogen-bond acceptors (Lipinski definition) is 1. The van der Waals surface area contributed by atoms with E-state index in [1.54, 1.807) is 0 Å². The average molecular weight is 264 g/mol. The summed E-state index contributed by atoms with van der Waals surface area (Å²) in [7, 11) is 0. The van der Waals surface area contributed by atoms with Crippen molar-refractivity contribution in [3.63, 3.8) is 0 Å². The van der Waals surface area contributed by atoms with Crippen LogP contribution in [-0.2, 0) is 6.42 Å². The summed E-state index contributed by atoms with van der Waals surface area (Å²) in [6, 6.07) is 19.5. The van der Waals surface area contributed by atoms with Crippen molar-refractivity contribution in [2.24, 2.45) is 0 Å². The van der Waals surface area contributed by atoms with E-state index in [0.717, 1.165) is 6.42 Å². The molecule has 1 aromatic heterocycles. The zero-order valence-corrected chi connectivity index (χ0v) is 11.8. The van der Waals surface area contributed by atoms with Crippen LogP contribution < -0.4 is 0 Å². The summed E-state index contributed by atoms with van der Waals surface area (Å²) in [6.07, 6.45) is 5.47. The van der Waals surface area contributed by atoms with Crippen molar-refractivity contribution in [2.75, 3.05) is 0 Å². The normalized spacial score (nSPS) is 11.4. The SMILES string of the molecule is Cc1ccc(C/C=C/c2ccc3ccccc3c2)s1. The Morgan fingerprint density at radius 2 is 1.79 bits per heavy atom. The number of hydrogen-bond donors (Lipinski definition) is 0. The van der Waals surface area contributed by atoms with Crippen LogP contribution in [0.25, 0.3) is 16.8 Å². The third kappa shape index (κ3) is 2.94. The highest BCUT2D eigenvalue weighted by molar-refractivity contribution is 7.11. The molecule has 3 rings (SSSR count). The Morgan fingerprint density at radius 1 is 0.947 bits per heavy atom. The van der Waals surface area contributed by atoms with Crippen LogP contribution in [0.1, 0.15) is 15.3 Å². The molecule has 0 saturated heterocycles. The van der Waals surface area contributed by atoms with Gasteiger partial charge in [0.05, 0.1) is 0 Å². The Labute approximate surface area is 118 Å². The Balaban J connectivity index is 1.77. The number of thiophene rings is 1. The molecule has 0 radical (unpaired) electrons. The smallest absolute Gasteiger partial charge is 0.00858 e. The van der Waals surface area contributed by atoms with Gasteiger partial charge in [-0.1, -0.05) is 48.6 Å². The fourth-order valence-corrected chi connectivity index (χ4v) is 3.08. The molecule has 0 amide bonds. The lowest BCUT2D eigenvalue weighted by atomic mass is 10.1. The quantitative estimate of drug-likeness (QED) is 0.589. The molecule has 0 fully saturated rings. The highest BCUT2D eigenvalue weighted by Crippen LogP contribution is 2.18. The van der Waals surface area contributed by atoms with Gasteiger partial charge in [-0.2, -0.15) is 0 Å². The fourth-order valence-electron chi connectivity index (χ4n) is 2.22. The molecule has 0 bridgehead atoms. The van der Waals surface area contributed by atoms with Gasteiger partial charge in [-0.3, -0.25) is 0 Å². The molecule has 2 aromatic carbocycles. The fraction of sp³-hybridized carbons (Fsp3) is 0.111. The molecule has 0 aliphatic rings. The molecular formula is C18H16S. The second kappa shape index (κ2) is 5.41. The molecule has 0 aliphatic carbocycles. The topological polar surface area (TPSA) is 0 Å². The standard InChI is InChI=1S/C18H16S/c1-14-9-12-18(19-14)8-4-5-15-10-11-16-6-2-3-7-17(16)13-15/h2-7,9-13H,8H2,1H3/b5-4+. The first-order valence-corrected chi connectivity index (χ1v) is 7.33. The van der Waals surface area contributed by atoms with Crippen LogP contribution in [-0.4, -0.2) is 0 Å². The van der Waals surface area contributed by atoms with Crippen LogP contribution in [0.5, 0.6) is 0 Å². The zero-order valence-electron chi connectivity index (χ0n) is 11.0. The van der Waals surface area contributed by atoms with Gasteiger partial charge in [0.1, 0.15) is 0 Å². The molecule has 0 aliphatic heterocycles. The third-order valence-corrected chi connectivity index (χ3v) is 4.22. The minimum Gasteiger partial charge on any atom is -0.145 e. The van der Waals surface area contributed by atoms with Crippen LogP contribution in [0.4, 0.5) is 0 Å². The van der Waals surface area contributed by atoms with E-state index in [-0.39, 0.29) is 0 Å². The summed E-state index contributed by atoms with van der Waals surface area (Å²) in [5.74, 6) is 0. The van der Waals surface area contributed by atoms with Gasteiger partial charge in [-0.05, 0) is 41.5 Å². The molecule has 0 unspecified atom stereocenters. The predicted octanol–water partition coefficient (Wildman–Crippen LogP) is 5.47. The van der Waals surface area contributed by atoms with E-state index in [1.807, 2.05) is 11.3 Å². The molecule has 3 aromatic rings. The van der Waals surface area contributed by atoms with E-state index < -0.39 is 0 Å². The molecule has 0 atom stereocenters. The number of allylic oxidation sites excluding steroid dienone is 1. The second-order valence-electron chi connectivity index (χ2n) is 4.73. The summed E-state index contributed by atoms with van der Waals surface area (Å²) in [4.78, 5) is 2.81. The van der Waals surface area contributed by atoms with Gasteiger partial charge >= 0.3 is 0 Å². The summed E-state index contributed by atoms with van der Waals surface area (Å²) in [5.41, 5.74) is 1.27. The highest BCUT2D eigenvalue weighted by Gasteiger charge is 1.95. The van der Waals surface area contributed by atoms with Gasteiger partial charge in [-0.15, -0.1) is 11.3 Å². The first-order chi connectivity index (χ1) is 9.31. The van der Waals surface area contributed by atoms with Crippen molar-refractivity contribution in [2.45, 2.75) is 13.3 Å². The largest absolute Gasteiger partial charge is 0.145 e. The van der Waals surface area contributed by atoms with Gasteiger partial charge in [0, 0.05) is 16.2 Å². The van der Waals surface area contributed by atoms with Crippen LogP contribution in [0.2, 0.25) is 0 Å². The van der Waals surface area contributed by atoms with Crippen molar-refractivity contribution in [1.82, 2.24) is 0 Å². The van der Waals surface area contributed by atoms with Gasteiger partial charge in [0.15, 0.2) is 0 Å². The first-order valence-electron chi connectivity index (χ1n) is 6.52. The Kier molecular flexibility index (Phi) is 3.47. The molecule has 1 heterocycles. The first kappa shape index (κ1) is 12.2. The van der Waals surface area contributed by atoms with Crippen molar-refractivity contribution >= 4 is 28.2 Å². The summed E-state index contributed by atoms with van der Waals surface area (Å²) < 4.78 is 0. The third-order valence-electron chi connectivity index (χ3n) is 3.20. The van der Waals surface area contributed by atoms with Crippen molar-refractivity contribution in [1.29, 1.82) is 0 Å². The zero-order chi connectivity index (χ0) is 13.1. The minimum absolute atomic E-state index is 1.02. The number of fused-ring (bicyclic) bond motifs is 1. The molecular weight excluding hydrogens is 248 g/mol. The number of rotatable bonds is 3. The van der Waals surface area contributed by atoms with Crippen LogP contribution >= 0.6 is 11.3 Å². The second-order valence-corrected chi connectivity index (χ2v) is 6.10. The highest BCUT2D eigenvalue weighted by atomic mass is 32.1. The molecule has 94 valence electrons. The van der Waals surface area contributed by atoms with Crippen molar-refractivity contribution < 1.29 is 0 Å². The van der Waals surface area contributed by atoms with E-state index in [4.69, 9.17) is 0 Å². The summed E-state index contributed by atoms with van der Waals surface area (Å²) >= 11 is 1.87. The van der Waals surface area contributed by atoms with Crippen LogP contribution in [0.15, 0.2) is 60.7 Å². The lowest BCUT2D eigenvalue weighted by Gasteiger charge is -1.99. The molecule has 0 spiro atoms. The molecule has 0 N–H and O–H groups in total. The van der Waals surface area contributed by atoms with E-state index >= 15 is 0 Å². The van der Waals surface area contributed by atoms with E-state index in [1.165, 1.54) is 26.1 Å². The van der Waals surface area contributed by atoms with Crippen molar-refractivity contribution in [3.8, 4) is 0 Å². The van der Waals surface area contributed by atoms with Crippen LogP contribution in [0.3, 0.4) is 0 Å². The summed E-state index contributed by atoms with van der Waals surface area (Å²) in [6.45, 7) is 2.15. The number of benzene rings is 2. The average Bonchev–Trinajstić information content (AvgIpc) is 2.84. The maximum absolute atomic E-state index is 2.25. The molecule has 0 saturated carbocycles. The Morgan fingerprint density at radius 3 is 2.58 bits per heavy atom. The lowest BCUT2D eigenvalue weighted by Crippen LogP contribution is -1.76. The number of aryl methyl sites for hydroxylation is 1. The van der Waals surface area contributed by atoms with E-state index in [9.17, 15) is 0 Å². The maximum Gasteiger partial charge on any atom is 0.00858 e. The Bertz CT molecular complexity index is 719. The maximum atomic E-state index is 2.25. The molecule has 1 heteroatoms. The Hall–Kier alpha value is -1.86. The van der Waals surface area contributed by atoms with Gasteiger partial charge in [0.25, 0.3) is 0 Å². The van der Waals surface area contributed by atoms with E-state index in [2.05, 4.69) is 73.7 Å². The molecule has 0 nitrogen and oxygen atoms in total. The minimum atomic E-state index is 1.02. The van der Waals surface area contributed by atoms with E-state index in [0.29, 0.717) is 0 Å².